The molecule has 34 heavy (non-hydrogen) atoms. The molecule has 3 aromatic carbocycles. The number of fused-ring (bicyclic) bond motifs is 1. The van der Waals surface area contributed by atoms with Crippen molar-refractivity contribution >= 4 is 49.8 Å². The number of carbonyl (C=O) groups excluding carboxylic acids is 1. The van der Waals surface area contributed by atoms with E-state index in [0.29, 0.717) is 22.1 Å². The molecule has 0 aliphatic rings. The summed E-state index contributed by atoms with van der Waals surface area (Å²) in [5.74, 6) is 0.120. The van der Waals surface area contributed by atoms with Crippen LogP contribution in [0.1, 0.15) is 5.69 Å². The van der Waals surface area contributed by atoms with E-state index in [1.807, 2.05) is 37.3 Å². The minimum Gasteiger partial charge on any atom is -0.484 e. The van der Waals surface area contributed by atoms with E-state index in [-0.39, 0.29) is 17.4 Å². The van der Waals surface area contributed by atoms with E-state index >= 15 is 0 Å². The van der Waals surface area contributed by atoms with Gasteiger partial charge in [0, 0.05) is 23.2 Å². The van der Waals surface area contributed by atoms with Gasteiger partial charge >= 0.3 is 0 Å². The summed E-state index contributed by atoms with van der Waals surface area (Å²) in [5, 5.41) is 4.17. The largest absolute Gasteiger partial charge is 0.484 e. The third-order valence-corrected chi connectivity index (χ3v) is 7.21. The van der Waals surface area contributed by atoms with E-state index in [1.54, 1.807) is 24.3 Å². The SMILES string of the molecule is Cc1cc(NC(=O)COc2ccc(N(C)S(=O)(=O)c3ccc(Cl)cc3)cc2)c2ccccc2n1. The van der Waals surface area contributed by atoms with Crippen molar-refractivity contribution in [3.05, 3.63) is 89.6 Å². The molecule has 174 valence electrons. The fourth-order valence-electron chi connectivity index (χ4n) is 3.40. The average Bonchev–Trinajstić information content (AvgIpc) is 2.83. The number of pyridine rings is 1. The van der Waals surface area contributed by atoms with Crippen LogP contribution in [0.4, 0.5) is 11.4 Å². The number of carbonyl (C=O) groups is 1. The fraction of sp³-hybridized carbons (Fsp3) is 0.120. The molecule has 4 aromatic rings. The molecule has 0 atom stereocenters. The van der Waals surface area contributed by atoms with Crippen molar-refractivity contribution in [2.75, 3.05) is 23.3 Å². The second kappa shape index (κ2) is 9.70. The third-order valence-electron chi connectivity index (χ3n) is 5.16. The molecule has 0 unspecified atom stereocenters. The van der Waals surface area contributed by atoms with E-state index < -0.39 is 10.0 Å². The Morgan fingerprint density at radius 2 is 1.71 bits per heavy atom. The number of rotatable bonds is 7. The van der Waals surface area contributed by atoms with E-state index in [2.05, 4.69) is 10.3 Å². The van der Waals surface area contributed by atoms with Crippen LogP contribution in [-0.4, -0.2) is 33.0 Å². The lowest BCUT2D eigenvalue weighted by atomic mass is 10.1. The van der Waals surface area contributed by atoms with Crippen LogP contribution in [0.2, 0.25) is 5.02 Å². The van der Waals surface area contributed by atoms with Crippen molar-refractivity contribution in [1.82, 2.24) is 4.98 Å². The Kier molecular flexibility index (Phi) is 6.72. The Bertz CT molecular complexity index is 1440. The van der Waals surface area contributed by atoms with Crippen LogP contribution >= 0.6 is 11.6 Å². The van der Waals surface area contributed by atoms with Crippen molar-refractivity contribution in [2.45, 2.75) is 11.8 Å². The standard InChI is InChI=1S/C25H22ClN3O4S/c1-17-15-24(22-5-3-4-6-23(22)27-17)28-25(30)16-33-20-11-9-19(10-12-20)29(2)34(31,32)21-13-7-18(26)8-14-21/h3-15H,16H2,1-2H3,(H,27,28,30). The zero-order chi connectivity index (χ0) is 24.3. The zero-order valence-electron chi connectivity index (χ0n) is 18.5. The number of para-hydroxylation sites is 1. The monoisotopic (exact) mass is 495 g/mol. The maximum atomic E-state index is 12.8. The van der Waals surface area contributed by atoms with E-state index in [4.69, 9.17) is 16.3 Å². The van der Waals surface area contributed by atoms with Crippen LogP contribution < -0.4 is 14.4 Å². The predicted molar refractivity (Wildman–Crippen MR) is 134 cm³/mol. The number of anilines is 2. The molecule has 0 saturated carbocycles. The minimum absolute atomic E-state index is 0.135. The van der Waals surface area contributed by atoms with Crippen molar-refractivity contribution in [1.29, 1.82) is 0 Å². The first-order valence-corrected chi connectivity index (χ1v) is 12.2. The molecule has 0 radical (unpaired) electrons. The predicted octanol–water partition coefficient (Wildman–Crippen LogP) is 5.04. The first kappa shape index (κ1) is 23.5. The summed E-state index contributed by atoms with van der Waals surface area (Å²) in [6, 6.07) is 21.8. The van der Waals surface area contributed by atoms with Gasteiger partial charge in [-0.15, -0.1) is 0 Å². The summed E-state index contributed by atoms with van der Waals surface area (Å²) in [4.78, 5) is 17.1. The molecule has 0 aliphatic heterocycles. The Labute approximate surface area is 203 Å². The van der Waals surface area contributed by atoms with Crippen LogP contribution in [0.3, 0.4) is 0 Å². The molecule has 4 rings (SSSR count). The number of hydrogen-bond donors (Lipinski definition) is 1. The molecule has 0 aliphatic carbocycles. The number of sulfonamides is 1. The van der Waals surface area contributed by atoms with Crippen molar-refractivity contribution in [2.24, 2.45) is 0 Å². The Morgan fingerprint density at radius 3 is 2.41 bits per heavy atom. The molecule has 7 nitrogen and oxygen atoms in total. The van der Waals surface area contributed by atoms with Gasteiger partial charge in [0.1, 0.15) is 5.75 Å². The summed E-state index contributed by atoms with van der Waals surface area (Å²) in [6.07, 6.45) is 0. The lowest BCUT2D eigenvalue weighted by Crippen LogP contribution is -2.26. The third kappa shape index (κ3) is 5.13. The number of ether oxygens (including phenoxy) is 1. The fourth-order valence-corrected chi connectivity index (χ4v) is 4.72. The quantitative estimate of drug-likeness (QED) is 0.388. The number of aryl methyl sites for hydroxylation is 1. The van der Waals surface area contributed by atoms with Crippen LogP contribution in [0, 0.1) is 6.92 Å². The topological polar surface area (TPSA) is 88.6 Å². The first-order chi connectivity index (χ1) is 16.2. The highest BCUT2D eigenvalue weighted by Crippen LogP contribution is 2.26. The highest BCUT2D eigenvalue weighted by molar-refractivity contribution is 7.92. The summed E-state index contributed by atoms with van der Waals surface area (Å²) < 4.78 is 32.4. The number of amides is 1. The Hall–Kier alpha value is -3.62. The minimum atomic E-state index is -3.74. The summed E-state index contributed by atoms with van der Waals surface area (Å²) in [7, 11) is -2.27. The molecule has 1 aromatic heterocycles. The van der Waals surface area contributed by atoms with Gasteiger partial charge < -0.3 is 10.1 Å². The number of nitrogens with one attached hydrogen (secondary N) is 1. The number of benzene rings is 3. The van der Waals surface area contributed by atoms with Gasteiger partial charge in [-0.3, -0.25) is 14.1 Å². The number of nitrogens with zero attached hydrogens (tertiary/aromatic N) is 2. The van der Waals surface area contributed by atoms with E-state index in [9.17, 15) is 13.2 Å². The number of hydrogen-bond acceptors (Lipinski definition) is 5. The van der Waals surface area contributed by atoms with Crippen molar-refractivity contribution in [3.8, 4) is 5.75 Å². The van der Waals surface area contributed by atoms with Crippen molar-refractivity contribution in [3.63, 3.8) is 0 Å². The van der Waals surface area contributed by atoms with Crippen LogP contribution in [0.5, 0.6) is 5.75 Å². The lowest BCUT2D eigenvalue weighted by Gasteiger charge is -2.20. The second-order valence-electron chi connectivity index (χ2n) is 7.59. The van der Waals surface area contributed by atoms with Crippen LogP contribution in [-0.2, 0) is 14.8 Å². The molecular formula is C25H22ClN3O4S. The zero-order valence-corrected chi connectivity index (χ0v) is 20.1. The summed E-state index contributed by atoms with van der Waals surface area (Å²) >= 11 is 5.85. The van der Waals surface area contributed by atoms with E-state index in [1.165, 1.54) is 35.6 Å². The molecule has 0 spiro atoms. The molecule has 0 bridgehead atoms. The molecule has 1 heterocycles. The molecule has 9 heteroatoms. The first-order valence-electron chi connectivity index (χ1n) is 10.4. The maximum Gasteiger partial charge on any atom is 0.264 e. The Morgan fingerprint density at radius 1 is 1.03 bits per heavy atom. The average molecular weight is 496 g/mol. The van der Waals surface area contributed by atoms with Gasteiger partial charge in [0.25, 0.3) is 15.9 Å². The molecule has 1 N–H and O–H groups in total. The number of halogens is 1. The molecule has 1 amide bonds. The molecule has 0 fully saturated rings. The highest BCUT2D eigenvalue weighted by Gasteiger charge is 2.21. The van der Waals surface area contributed by atoms with Gasteiger partial charge in [-0.25, -0.2) is 8.42 Å². The highest BCUT2D eigenvalue weighted by atomic mass is 35.5. The van der Waals surface area contributed by atoms with Crippen molar-refractivity contribution < 1.29 is 17.9 Å². The lowest BCUT2D eigenvalue weighted by molar-refractivity contribution is -0.118. The normalized spacial score (nSPS) is 11.3. The van der Waals surface area contributed by atoms with Gasteiger partial charge in [0.15, 0.2) is 6.61 Å². The Balaban J connectivity index is 1.40. The van der Waals surface area contributed by atoms with Gasteiger partial charge in [-0.05, 0) is 67.6 Å². The van der Waals surface area contributed by atoms with Gasteiger partial charge in [0.2, 0.25) is 0 Å². The molecular weight excluding hydrogens is 474 g/mol. The number of aromatic nitrogens is 1. The maximum absolute atomic E-state index is 12.8. The molecule has 0 saturated heterocycles. The van der Waals surface area contributed by atoms with Crippen LogP contribution in [0.25, 0.3) is 10.9 Å². The van der Waals surface area contributed by atoms with Gasteiger partial charge in [-0.1, -0.05) is 29.8 Å². The summed E-state index contributed by atoms with van der Waals surface area (Å²) in [5.41, 5.74) is 2.71. The second-order valence-corrected chi connectivity index (χ2v) is 9.99. The van der Waals surface area contributed by atoms with E-state index in [0.717, 1.165) is 16.6 Å². The van der Waals surface area contributed by atoms with Gasteiger partial charge in [0.05, 0.1) is 21.8 Å². The summed E-state index contributed by atoms with van der Waals surface area (Å²) in [6.45, 7) is 1.66. The smallest absolute Gasteiger partial charge is 0.264 e. The van der Waals surface area contributed by atoms with Gasteiger partial charge in [-0.2, -0.15) is 0 Å². The van der Waals surface area contributed by atoms with Crippen LogP contribution in [0.15, 0.2) is 83.8 Å².